The van der Waals surface area contributed by atoms with E-state index in [2.05, 4.69) is 10.8 Å². The molecular weight excluding hydrogens is 219 g/mol. The second-order valence-electron chi connectivity index (χ2n) is 2.16. The fourth-order valence-electron chi connectivity index (χ4n) is 0.575. The average molecular weight is 230 g/mol. The van der Waals surface area contributed by atoms with Gasteiger partial charge in [-0.15, -0.1) is 0 Å². The van der Waals surface area contributed by atoms with Crippen molar-refractivity contribution in [1.82, 2.24) is 0 Å². The van der Waals surface area contributed by atoms with Crippen LogP contribution in [0.15, 0.2) is 24.8 Å². The molecule has 0 aliphatic carbocycles. The SMILES string of the molecule is C=C/C=C\CC(O)C(O)OS(=O)[O-].[Na+]. The molecule has 76 valence electrons. The Balaban J connectivity index is 0. The van der Waals surface area contributed by atoms with Crippen molar-refractivity contribution in [1.29, 1.82) is 0 Å². The minimum Gasteiger partial charge on any atom is -0.750 e. The molecule has 0 aliphatic heterocycles. The first-order chi connectivity index (χ1) is 6.07. The summed E-state index contributed by atoms with van der Waals surface area (Å²) in [4.78, 5) is 0. The van der Waals surface area contributed by atoms with Crippen LogP contribution in [0.1, 0.15) is 6.42 Å². The van der Waals surface area contributed by atoms with Gasteiger partial charge in [-0.05, 0) is 6.42 Å². The monoisotopic (exact) mass is 230 g/mol. The molecular formula is C7H11NaO5S. The summed E-state index contributed by atoms with van der Waals surface area (Å²) < 4.78 is 23.7. The van der Waals surface area contributed by atoms with Gasteiger partial charge in [0.05, 0.1) is 11.4 Å². The van der Waals surface area contributed by atoms with Crippen LogP contribution in [0.3, 0.4) is 0 Å². The van der Waals surface area contributed by atoms with Gasteiger partial charge in [0.1, 0.15) is 6.10 Å². The Morgan fingerprint density at radius 2 is 2.14 bits per heavy atom. The van der Waals surface area contributed by atoms with Crippen LogP contribution in [-0.2, 0) is 15.5 Å². The maximum Gasteiger partial charge on any atom is 1.00 e. The summed E-state index contributed by atoms with van der Waals surface area (Å²) in [6, 6.07) is 0. The number of aliphatic hydroxyl groups is 2. The van der Waals surface area contributed by atoms with Crippen LogP contribution in [0.4, 0.5) is 0 Å². The van der Waals surface area contributed by atoms with Crippen molar-refractivity contribution in [2.75, 3.05) is 0 Å². The van der Waals surface area contributed by atoms with Gasteiger partial charge in [0.15, 0.2) is 6.29 Å². The summed E-state index contributed by atoms with van der Waals surface area (Å²) in [5.74, 6) is 0. The van der Waals surface area contributed by atoms with Gasteiger partial charge in [-0.25, -0.2) is 4.21 Å². The van der Waals surface area contributed by atoms with E-state index in [0.717, 1.165) is 0 Å². The third-order valence-electron chi connectivity index (χ3n) is 1.16. The summed E-state index contributed by atoms with van der Waals surface area (Å²) >= 11 is -2.83. The minimum absolute atomic E-state index is 0. The van der Waals surface area contributed by atoms with Crippen molar-refractivity contribution >= 4 is 11.4 Å². The Bertz CT molecular complexity index is 208. The molecule has 0 bridgehead atoms. The molecule has 7 heteroatoms. The van der Waals surface area contributed by atoms with Gasteiger partial charge in [-0.2, -0.15) is 0 Å². The number of hydrogen-bond donors (Lipinski definition) is 2. The molecule has 0 aromatic carbocycles. The fraction of sp³-hybridized carbons (Fsp3) is 0.429. The van der Waals surface area contributed by atoms with Gasteiger partial charge in [0, 0.05) is 0 Å². The van der Waals surface area contributed by atoms with Crippen molar-refractivity contribution in [2.24, 2.45) is 0 Å². The van der Waals surface area contributed by atoms with E-state index in [1.165, 1.54) is 12.2 Å². The quantitative estimate of drug-likeness (QED) is 0.215. The number of rotatable bonds is 6. The van der Waals surface area contributed by atoms with E-state index in [9.17, 15) is 8.76 Å². The molecule has 0 aromatic rings. The van der Waals surface area contributed by atoms with Crippen LogP contribution in [0.2, 0.25) is 0 Å². The standard InChI is InChI=1S/C7H12O5S.Na/c1-2-3-4-5-6(8)7(9)12-13(10)11;/h2-4,6-9H,1,5H2,(H,10,11);/q;+1/p-1/b4-3-;. The zero-order valence-electron chi connectivity index (χ0n) is 7.83. The largest absolute Gasteiger partial charge is 1.00 e. The number of allylic oxidation sites excluding steroid dienone is 2. The van der Waals surface area contributed by atoms with Crippen molar-refractivity contribution in [2.45, 2.75) is 18.8 Å². The zero-order valence-corrected chi connectivity index (χ0v) is 10.6. The van der Waals surface area contributed by atoms with Crippen molar-refractivity contribution in [3.05, 3.63) is 24.8 Å². The van der Waals surface area contributed by atoms with Gasteiger partial charge in [0.2, 0.25) is 0 Å². The van der Waals surface area contributed by atoms with E-state index in [1.807, 2.05) is 0 Å². The molecule has 0 amide bonds. The minimum atomic E-state index is -2.83. The summed E-state index contributed by atoms with van der Waals surface area (Å²) in [5, 5.41) is 17.9. The molecule has 0 heterocycles. The Hall–Kier alpha value is 0.470. The summed E-state index contributed by atoms with van der Waals surface area (Å²) in [6.07, 6.45) is 1.67. The smallest absolute Gasteiger partial charge is 0.750 e. The Morgan fingerprint density at radius 3 is 2.57 bits per heavy atom. The molecule has 0 aromatic heterocycles. The van der Waals surface area contributed by atoms with Crippen molar-refractivity contribution < 1.29 is 52.7 Å². The van der Waals surface area contributed by atoms with Crippen LogP contribution < -0.4 is 29.6 Å². The van der Waals surface area contributed by atoms with Gasteiger partial charge < -0.3 is 14.8 Å². The van der Waals surface area contributed by atoms with Gasteiger partial charge >= 0.3 is 29.6 Å². The number of hydrogen-bond acceptors (Lipinski definition) is 5. The van der Waals surface area contributed by atoms with Crippen LogP contribution in [0.5, 0.6) is 0 Å². The molecule has 0 aliphatic rings. The van der Waals surface area contributed by atoms with Gasteiger partial charge in [0.25, 0.3) is 0 Å². The normalized spacial score (nSPS) is 17.1. The molecule has 3 unspecified atom stereocenters. The number of aliphatic hydroxyl groups excluding tert-OH is 2. The van der Waals surface area contributed by atoms with Gasteiger partial charge in [-0.3, -0.25) is 4.18 Å². The molecule has 0 saturated heterocycles. The first kappa shape index (κ1) is 16.9. The molecule has 0 spiro atoms. The predicted molar refractivity (Wildman–Crippen MR) is 46.0 cm³/mol. The van der Waals surface area contributed by atoms with Crippen molar-refractivity contribution in [3.8, 4) is 0 Å². The second kappa shape index (κ2) is 10.0. The van der Waals surface area contributed by atoms with Crippen LogP contribution in [-0.4, -0.2) is 31.4 Å². The zero-order chi connectivity index (χ0) is 10.3. The van der Waals surface area contributed by atoms with Crippen molar-refractivity contribution in [3.63, 3.8) is 0 Å². The van der Waals surface area contributed by atoms with Crippen LogP contribution in [0.25, 0.3) is 0 Å². The third-order valence-corrected chi connectivity index (χ3v) is 1.51. The Labute approximate surface area is 107 Å². The third kappa shape index (κ3) is 9.04. The topological polar surface area (TPSA) is 89.8 Å². The molecule has 0 fully saturated rings. The molecule has 0 saturated carbocycles. The molecule has 2 N–H and O–H groups in total. The Kier molecular flexibility index (Phi) is 12.1. The first-order valence-electron chi connectivity index (χ1n) is 3.48. The van der Waals surface area contributed by atoms with E-state index in [4.69, 9.17) is 10.2 Å². The Morgan fingerprint density at radius 1 is 1.57 bits per heavy atom. The molecule has 0 rings (SSSR count). The predicted octanol–water partition coefficient (Wildman–Crippen LogP) is -3.39. The summed E-state index contributed by atoms with van der Waals surface area (Å²) in [7, 11) is 0. The van der Waals surface area contributed by atoms with E-state index in [0.29, 0.717) is 0 Å². The summed E-state index contributed by atoms with van der Waals surface area (Å²) in [6.45, 7) is 3.39. The van der Waals surface area contributed by atoms with E-state index in [-0.39, 0.29) is 36.0 Å². The second-order valence-corrected chi connectivity index (χ2v) is 2.76. The van der Waals surface area contributed by atoms with E-state index >= 15 is 0 Å². The maximum absolute atomic E-state index is 9.92. The fourth-order valence-corrected chi connectivity index (χ4v) is 0.865. The van der Waals surface area contributed by atoms with E-state index in [1.54, 1.807) is 6.08 Å². The van der Waals surface area contributed by atoms with Crippen LogP contribution in [0, 0.1) is 0 Å². The summed E-state index contributed by atoms with van der Waals surface area (Å²) in [5.41, 5.74) is 0. The van der Waals surface area contributed by atoms with Crippen LogP contribution >= 0.6 is 0 Å². The van der Waals surface area contributed by atoms with Gasteiger partial charge in [-0.1, -0.05) is 24.8 Å². The molecule has 14 heavy (non-hydrogen) atoms. The maximum atomic E-state index is 9.92. The average Bonchev–Trinajstić information content (AvgIpc) is 2.03. The molecule has 0 radical (unpaired) electrons. The molecule has 3 atom stereocenters. The molecule has 5 nitrogen and oxygen atoms in total. The van der Waals surface area contributed by atoms with E-state index < -0.39 is 23.8 Å². The first-order valence-corrected chi connectivity index (χ1v) is 4.48.